The van der Waals surface area contributed by atoms with Crippen LogP contribution in [0, 0.1) is 0 Å². The van der Waals surface area contributed by atoms with Gasteiger partial charge in [-0.15, -0.1) is 24.0 Å². The van der Waals surface area contributed by atoms with Gasteiger partial charge in [-0.25, -0.2) is 13.6 Å². The number of nitrogens with zero attached hydrogens (tertiary/aromatic N) is 1. The van der Waals surface area contributed by atoms with Crippen molar-refractivity contribution in [1.82, 2.24) is 10.6 Å². The van der Waals surface area contributed by atoms with Gasteiger partial charge in [-0.05, 0) is 60.9 Å². The molecule has 0 saturated carbocycles. The predicted octanol–water partition coefficient (Wildman–Crippen LogP) is 3.81. The Morgan fingerprint density at radius 2 is 1.55 bits per heavy atom. The number of benzene rings is 2. The second-order valence-corrected chi connectivity index (χ2v) is 9.19. The molecular weight excluding hydrogens is 523 g/mol. The second-order valence-electron chi connectivity index (χ2n) is 7.63. The standard InChI is InChI=1S/C23H34N4O2S.HI/c1-4-25-23(26-16-5-6-19-7-11-21(12-8-19)18(2)3)27-17-15-20-9-13-22(14-10-20)30(24,28)29;/h7-14,18H,4-6,15-17H2,1-3H3,(H2,24,28,29)(H2,25,26,27);1H. The van der Waals surface area contributed by atoms with E-state index < -0.39 is 10.0 Å². The number of nitrogens with two attached hydrogens (primary N) is 1. The van der Waals surface area contributed by atoms with Crippen LogP contribution < -0.4 is 15.8 Å². The third kappa shape index (κ3) is 10.0. The molecular formula is C23H35IN4O2S. The van der Waals surface area contributed by atoms with Crippen molar-refractivity contribution in [2.75, 3.05) is 19.6 Å². The molecule has 0 saturated heterocycles. The van der Waals surface area contributed by atoms with Gasteiger partial charge in [0.1, 0.15) is 0 Å². The summed E-state index contributed by atoms with van der Waals surface area (Å²) in [6.45, 7) is 8.71. The average Bonchev–Trinajstić information content (AvgIpc) is 2.71. The molecule has 0 atom stereocenters. The third-order valence-electron chi connectivity index (χ3n) is 4.84. The van der Waals surface area contributed by atoms with Crippen LogP contribution in [0.5, 0.6) is 0 Å². The number of aryl methyl sites for hydroxylation is 1. The van der Waals surface area contributed by atoms with Gasteiger partial charge in [0.25, 0.3) is 0 Å². The van der Waals surface area contributed by atoms with Crippen LogP contribution in [0.25, 0.3) is 0 Å². The molecule has 6 nitrogen and oxygen atoms in total. The molecule has 8 heteroatoms. The fourth-order valence-corrected chi connectivity index (χ4v) is 3.57. The second kappa shape index (κ2) is 13.7. The Labute approximate surface area is 204 Å². The molecule has 0 fully saturated rings. The topological polar surface area (TPSA) is 96.6 Å². The van der Waals surface area contributed by atoms with E-state index in [9.17, 15) is 8.42 Å². The van der Waals surface area contributed by atoms with E-state index in [-0.39, 0.29) is 28.9 Å². The monoisotopic (exact) mass is 558 g/mol. The zero-order valence-electron chi connectivity index (χ0n) is 18.6. The average molecular weight is 559 g/mol. The summed E-state index contributed by atoms with van der Waals surface area (Å²) in [5, 5.41) is 11.7. The largest absolute Gasteiger partial charge is 0.357 e. The minimum absolute atomic E-state index is 0. The van der Waals surface area contributed by atoms with Crippen LogP contribution in [0.15, 0.2) is 58.4 Å². The number of aliphatic imine (C=N–C) groups is 1. The van der Waals surface area contributed by atoms with Crippen LogP contribution in [0.3, 0.4) is 0 Å². The first-order valence-corrected chi connectivity index (χ1v) is 12.1. The van der Waals surface area contributed by atoms with Gasteiger partial charge in [0.15, 0.2) is 5.96 Å². The number of hydrogen-bond donors (Lipinski definition) is 3. The summed E-state index contributed by atoms with van der Waals surface area (Å²) in [5.74, 6) is 1.36. The van der Waals surface area contributed by atoms with E-state index >= 15 is 0 Å². The molecule has 2 aromatic carbocycles. The van der Waals surface area contributed by atoms with E-state index in [0.717, 1.165) is 43.9 Å². The molecule has 0 radical (unpaired) electrons. The van der Waals surface area contributed by atoms with Crippen molar-refractivity contribution in [3.8, 4) is 0 Å². The Morgan fingerprint density at radius 3 is 2.10 bits per heavy atom. The van der Waals surface area contributed by atoms with Gasteiger partial charge in [-0.1, -0.05) is 50.2 Å². The highest BCUT2D eigenvalue weighted by atomic mass is 127. The van der Waals surface area contributed by atoms with Crippen molar-refractivity contribution in [1.29, 1.82) is 0 Å². The molecule has 172 valence electrons. The molecule has 0 unspecified atom stereocenters. The van der Waals surface area contributed by atoms with Crippen LogP contribution in [-0.2, 0) is 22.9 Å². The van der Waals surface area contributed by atoms with Gasteiger partial charge in [0, 0.05) is 19.6 Å². The molecule has 0 heterocycles. The Balaban J connectivity index is 0.00000480. The summed E-state index contributed by atoms with van der Waals surface area (Å²) in [4.78, 5) is 4.78. The molecule has 0 amide bonds. The third-order valence-corrected chi connectivity index (χ3v) is 5.77. The van der Waals surface area contributed by atoms with Gasteiger partial charge < -0.3 is 10.6 Å². The Hall–Kier alpha value is -1.65. The summed E-state index contributed by atoms with van der Waals surface area (Å²) in [7, 11) is -3.64. The van der Waals surface area contributed by atoms with Crippen molar-refractivity contribution >= 4 is 40.0 Å². The molecule has 0 aromatic heterocycles. The summed E-state index contributed by atoms with van der Waals surface area (Å²) in [6.07, 6.45) is 2.77. The van der Waals surface area contributed by atoms with Crippen LogP contribution in [0.1, 0.15) is 49.8 Å². The molecule has 31 heavy (non-hydrogen) atoms. The van der Waals surface area contributed by atoms with E-state index in [0.29, 0.717) is 12.5 Å². The van der Waals surface area contributed by atoms with E-state index in [4.69, 9.17) is 5.14 Å². The van der Waals surface area contributed by atoms with Crippen molar-refractivity contribution in [2.24, 2.45) is 10.1 Å². The van der Waals surface area contributed by atoms with E-state index in [1.165, 1.54) is 23.3 Å². The van der Waals surface area contributed by atoms with Crippen molar-refractivity contribution in [3.63, 3.8) is 0 Å². The zero-order chi connectivity index (χ0) is 22.0. The van der Waals surface area contributed by atoms with Gasteiger partial charge in [-0.2, -0.15) is 0 Å². The first kappa shape index (κ1) is 27.4. The highest BCUT2D eigenvalue weighted by molar-refractivity contribution is 14.0. The first-order chi connectivity index (χ1) is 14.3. The lowest BCUT2D eigenvalue weighted by Gasteiger charge is -2.11. The molecule has 0 aliphatic heterocycles. The molecule has 0 spiro atoms. The first-order valence-electron chi connectivity index (χ1n) is 10.5. The summed E-state index contributed by atoms with van der Waals surface area (Å²) >= 11 is 0. The van der Waals surface area contributed by atoms with Crippen molar-refractivity contribution < 1.29 is 8.42 Å². The molecule has 4 N–H and O–H groups in total. The molecule has 0 aliphatic rings. The normalized spacial score (nSPS) is 11.8. The number of sulfonamides is 1. The SMILES string of the molecule is CCNC(=NCCCc1ccc(C(C)C)cc1)NCCc1ccc(S(N)(=O)=O)cc1.I. The summed E-state index contributed by atoms with van der Waals surface area (Å²) in [6, 6.07) is 15.5. The number of nitrogens with one attached hydrogen (secondary N) is 2. The fourth-order valence-electron chi connectivity index (χ4n) is 3.06. The van der Waals surface area contributed by atoms with Gasteiger partial charge in [0.05, 0.1) is 4.90 Å². The zero-order valence-corrected chi connectivity index (χ0v) is 21.7. The number of rotatable bonds is 10. The van der Waals surface area contributed by atoms with Crippen LogP contribution in [-0.4, -0.2) is 34.0 Å². The quantitative estimate of drug-likeness (QED) is 0.179. The van der Waals surface area contributed by atoms with E-state index in [1.807, 2.05) is 6.92 Å². The summed E-state index contributed by atoms with van der Waals surface area (Å²) in [5.41, 5.74) is 3.75. The number of halogens is 1. The minimum Gasteiger partial charge on any atom is -0.357 e. The Kier molecular flexibility index (Phi) is 12.1. The lowest BCUT2D eigenvalue weighted by molar-refractivity contribution is 0.598. The summed E-state index contributed by atoms with van der Waals surface area (Å²) < 4.78 is 22.6. The van der Waals surface area contributed by atoms with Crippen LogP contribution in [0.2, 0.25) is 0 Å². The van der Waals surface area contributed by atoms with Crippen LogP contribution in [0.4, 0.5) is 0 Å². The lowest BCUT2D eigenvalue weighted by atomic mass is 10.0. The number of primary sulfonamides is 1. The van der Waals surface area contributed by atoms with Crippen LogP contribution >= 0.6 is 24.0 Å². The Bertz CT molecular complexity index is 912. The van der Waals surface area contributed by atoms with Gasteiger partial charge >= 0.3 is 0 Å². The Morgan fingerprint density at radius 1 is 0.968 bits per heavy atom. The predicted molar refractivity (Wildman–Crippen MR) is 140 cm³/mol. The van der Waals surface area contributed by atoms with Crippen molar-refractivity contribution in [2.45, 2.75) is 50.8 Å². The van der Waals surface area contributed by atoms with E-state index in [2.05, 4.69) is 53.7 Å². The van der Waals surface area contributed by atoms with Gasteiger partial charge in [0.2, 0.25) is 10.0 Å². The molecule has 2 rings (SSSR count). The molecule has 2 aromatic rings. The smallest absolute Gasteiger partial charge is 0.238 e. The molecule has 0 aliphatic carbocycles. The maximum atomic E-state index is 11.3. The molecule has 0 bridgehead atoms. The highest BCUT2D eigenvalue weighted by Gasteiger charge is 2.06. The van der Waals surface area contributed by atoms with Gasteiger partial charge in [-0.3, -0.25) is 4.99 Å². The maximum absolute atomic E-state index is 11.3. The number of guanidine groups is 1. The highest BCUT2D eigenvalue weighted by Crippen LogP contribution is 2.15. The number of hydrogen-bond acceptors (Lipinski definition) is 3. The maximum Gasteiger partial charge on any atom is 0.238 e. The van der Waals surface area contributed by atoms with E-state index in [1.54, 1.807) is 12.1 Å². The lowest BCUT2D eigenvalue weighted by Crippen LogP contribution is -2.38. The minimum atomic E-state index is -3.64. The fraction of sp³-hybridized carbons (Fsp3) is 0.435. The van der Waals surface area contributed by atoms with Crippen molar-refractivity contribution in [3.05, 3.63) is 65.2 Å².